The molecule has 3 aromatic carbocycles. The molecule has 0 radical (unpaired) electrons. The molecule has 0 aliphatic carbocycles. The molecular weight excluding hydrogens is 436 g/mol. The fourth-order valence-electron chi connectivity index (χ4n) is 4.16. The lowest BCUT2D eigenvalue weighted by Gasteiger charge is -2.10. The van der Waals surface area contributed by atoms with E-state index in [0.29, 0.717) is 23.9 Å². The SMILES string of the molecule is C#Cc1cccc(Nc2nc(Cc3ccccc3)nc3[nH]c4cc(-c5nnn(C)n5)ccc4c23)c1. The molecule has 6 aromatic rings. The molecule has 0 amide bonds. The molecule has 6 rings (SSSR count). The second-order valence-electron chi connectivity index (χ2n) is 8.21. The highest BCUT2D eigenvalue weighted by Gasteiger charge is 2.16. The van der Waals surface area contributed by atoms with Crippen LogP contribution in [0.2, 0.25) is 0 Å². The van der Waals surface area contributed by atoms with Gasteiger partial charge >= 0.3 is 0 Å². The van der Waals surface area contributed by atoms with Gasteiger partial charge in [0, 0.05) is 34.1 Å². The van der Waals surface area contributed by atoms with Crippen LogP contribution in [0.4, 0.5) is 11.5 Å². The molecule has 0 saturated heterocycles. The van der Waals surface area contributed by atoms with Crippen LogP contribution in [0.25, 0.3) is 33.3 Å². The summed E-state index contributed by atoms with van der Waals surface area (Å²) in [6.45, 7) is 0. The summed E-state index contributed by atoms with van der Waals surface area (Å²) in [7, 11) is 1.74. The van der Waals surface area contributed by atoms with Crippen molar-refractivity contribution in [1.29, 1.82) is 0 Å². The van der Waals surface area contributed by atoms with E-state index in [1.807, 2.05) is 60.7 Å². The molecule has 168 valence electrons. The van der Waals surface area contributed by atoms with Gasteiger partial charge in [-0.1, -0.05) is 54.5 Å². The van der Waals surface area contributed by atoms with E-state index in [1.54, 1.807) is 7.05 Å². The van der Waals surface area contributed by atoms with Crippen LogP contribution in [0.15, 0.2) is 72.8 Å². The Morgan fingerprint density at radius 3 is 2.69 bits per heavy atom. The van der Waals surface area contributed by atoms with Crippen molar-refractivity contribution in [3.8, 4) is 23.7 Å². The number of terminal acetylenes is 1. The minimum absolute atomic E-state index is 0.563. The number of fused-ring (bicyclic) bond motifs is 3. The number of hydrogen-bond donors (Lipinski definition) is 2. The summed E-state index contributed by atoms with van der Waals surface area (Å²) in [5, 5.41) is 17.8. The van der Waals surface area contributed by atoms with Gasteiger partial charge in [0.25, 0.3) is 0 Å². The summed E-state index contributed by atoms with van der Waals surface area (Å²) in [6.07, 6.45) is 6.22. The molecule has 35 heavy (non-hydrogen) atoms. The third kappa shape index (κ3) is 3.96. The number of aryl methyl sites for hydroxylation is 1. The Morgan fingerprint density at radius 1 is 1.00 bits per heavy atom. The maximum atomic E-state index is 5.61. The number of tetrazole rings is 1. The molecule has 0 fully saturated rings. The number of aromatic amines is 1. The van der Waals surface area contributed by atoms with Gasteiger partial charge in [-0.15, -0.1) is 16.6 Å². The van der Waals surface area contributed by atoms with E-state index in [0.717, 1.165) is 44.3 Å². The van der Waals surface area contributed by atoms with Crippen molar-refractivity contribution in [2.24, 2.45) is 7.05 Å². The number of benzene rings is 3. The predicted molar refractivity (Wildman–Crippen MR) is 136 cm³/mol. The van der Waals surface area contributed by atoms with Crippen LogP contribution in [0.1, 0.15) is 17.0 Å². The van der Waals surface area contributed by atoms with E-state index in [4.69, 9.17) is 16.4 Å². The van der Waals surface area contributed by atoms with Crippen LogP contribution < -0.4 is 5.32 Å². The number of rotatable bonds is 5. The molecule has 0 unspecified atom stereocenters. The van der Waals surface area contributed by atoms with Crippen LogP contribution in [0, 0.1) is 12.3 Å². The van der Waals surface area contributed by atoms with E-state index >= 15 is 0 Å². The standard InChI is InChI=1S/C27H20N8/c1-3-17-10-7-11-20(14-17)28-26-24-21-13-12-19(25-32-34-35(2)33-25)16-22(21)29-27(24)31-23(30-26)15-18-8-5-4-6-9-18/h1,4-14,16H,15H2,2H3,(H2,28,29,30,31). The van der Waals surface area contributed by atoms with Gasteiger partial charge in [0.2, 0.25) is 5.82 Å². The molecule has 0 saturated carbocycles. The normalized spacial score (nSPS) is 11.1. The molecule has 0 spiro atoms. The summed E-state index contributed by atoms with van der Waals surface area (Å²) in [4.78, 5) is 14.7. The molecule has 0 atom stereocenters. The highest BCUT2D eigenvalue weighted by Crippen LogP contribution is 2.33. The predicted octanol–water partition coefficient (Wildman–Crippen LogP) is 4.62. The summed E-state index contributed by atoms with van der Waals surface area (Å²) in [5.41, 5.74) is 5.33. The van der Waals surface area contributed by atoms with Crippen molar-refractivity contribution in [2.75, 3.05) is 5.32 Å². The van der Waals surface area contributed by atoms with Crippen LogP contribution in [0.3, 0.4) is 0 Å². The largest absolute Gasteiger partial charge is 0.340 e. The molecule has 8 nitrogen and oxygen atoms in total. The van der Waals surface area contributed by atoms with Gasteiger partial charge in [-0.05, 0) is 35.0 Å². The summed E-state index contributed by atoms with van der Waals surface area (Å²) in [5.74, 6) is 4.67. The number of hydrogen-bond acceptors (Lipinski definition) is 6. The van der Waals surface area contributed by atoms with Crippen LogP contribution in [-0.2, 0) is 13.5 Å². The van der Waals surface area contributed by atoms with Gasteiger partial charge < -0.3 is 10.3 Å². The molecule has 3 heterocycles. The zero-order valence-corrected chi connectivity index (χ0v) is 18.9. The van der Waals surface area contributed by atoms with Crippen molar-refractivity contribution < 1.29 is 0 Å². The van der Waals surface area contributed by atoms with E-state index in [9.17, 15) is 0 Å². The van der Waals surface area contributed by atoms with E-state index in [2.05, 4.69) is 43.8 Å². The average molecular weight is 457 g/mol. The Hall–Kier alpha value is -5.03. The van der Waals surface area contributed by atoms with Crippen molar-refractivity contribution in [3.05, 3.63) is 89.7 Å². The molecular formula is C27H20N8. The topological polar surface area (TPSA) is 97.2 Å². The minimum Gasteiger partial charge on any atom is -0.340 e. The van der Waals surface area contributed by atoms with Gasteiger partial charge in [-0.25, -0.2) is 9.97 Å². The zero-order valence-electron chi connectivity index (χ0n) is 18.9. The number of anilines is 2. The average Bonchev–Trinajstić information content (AvgIpc) is 3.47. The van der Waals surface area contributed by atoms with E-state index in [-0.39, 0.29) is 0 Å². The van der Waals surface area contributed by atoms with Crippen LogP contribution in [0.5, 0.6) is 0 Å². The van der Waals surface area contributed by atoms with E-state index < -0.39 is 0 Å². The Kier molecular flexibility index (Phi) is 4.93. The number of nitrogens with zero attached hydrogens (tertiary/aromatic N) is 6. The smallest absolute Gasteiger partial charge is 0.204 e. The van der Waals surface area contributed by atoms with Crippen LogP contribution in [-0.4, -0.2) is 35.2 Å². The van der Waals surface area contributed by atoms with Gasteiger partial charge in [0.1, 0.15) is 17.3 Å². The fraction of sp³-hybridized carbons (Fsp3) is 0.0741. The Labute approximate surface area is 201 Å². The Morgan fingerprint density at radius 2 is 1.89 bits per heavy atom. The summed E-state index contributed by atoms with van der Waals surface area (Å²) >= 11 is 0. The first kappa shape index (κ1) is 20.6. The molecule has 0 aliphatic heterocycles. The third-order valence-corrected chi connectivity index (χ3v) is 5.76. The minimum atomic E-state index is 0.563. The second-order valence-corrected chi connectivity index (χ2v) is 8.21. The lowest BCUT2D eigenvalue weighted by molar-refractivity contribution is 0.630. The van der Waals surface area contributed by atoms with Crippen LogP contribution >= 0.6 is 0 Å². The van der Waals surface area contributed by atoms with Gasteiger partial charge in [0.05, 0.1) is 12.4 Å². The third-order valence-electron chi connectivity index (χ3n) is 5.76. The lowest BCUT2D eigenvalue weighted by Crippen LogP contribution is -2.02. The quantitative estimate of drug-likeness (QED) is 0.368. The first-order chi connectivity index (χ1) is 17.2. The highest BCUT2D eigenvalue weighted by molar-refractivity contribution is 6.12. The van der Waals surface area contributed by atoms with E-state index in [1.165, 1.54) is 4.80 Å². The first-order valence-electron chi connectivity index (χ1n) is 11.1. The zero-order chi connectivity index (χ0) is 23.8. The van der Waals surface area contributed by atoms with Crippen molar-refractivity contribution in [1.82, 2.24) is 35.2 Å². The number of nitrogens with one attached hydrogen (secondary N) is 2. The Balaban J connectivity index is 1.51. The fourth-order valence-corrected chi connectivity index (χ4v) is 4.16. The molecule has 2 N–H and O–H groups in total. The summed E-state index contributed by atoms with van der Waals surface area (Å²) in [6, 6.07) is 23.9. The maximum absolute atomic E-state index is 5.61. The monoisotopic (exact) mass is 456 g/mol. The highest BCUT2D eigenvalue weighted by atomic mass is 15.6. The van der Waals surface area contributed by atoms with Gasteiger partial charge in [-0.3, -0.25) is 0 Å². The molecule has 0 aliphatic rings. The summed E-state index contributed by atoms with van der Waals surface area (Å²) < 4.78 is 0. The number of aromatic nitrogens is 7. The second kappa shape index (κ2) is 8.39. The lowest BCUT2D eigenvalue weighted by atomic mass is 10.1. The van der Waals surface area contributed by atoms with Crippen molar-refractivity contribution in [3.63, 3.8) is 0 Å². The Bertz CT molecular complexity index is 1720. The molecule has 3 aromatic heterocycles. The molecule has 8 heteroatoms. The van der Waals surface area contributed by atoms with Gasteiger partial charge in [-0.2, -0.15) is 4.80 Å². The maximum Gasteiger partial charge on any atom is 0.204 e. The van der Waals surface area contributed by atoms with Gasteiger partial charge in [0.15, 0.2) is 0 Å². The molecule has 0 bridgehead atoms. The van der Waals surface area contributed by atoms with Crippen molar-refractivity contribution in [2.45, 2.75) is 6.42 Å². The first-order valence-corrected chi connectivity index (χ1v) is 11.1. The number of H-pyrrole nitrogens is 1. The van der Waals surface area contributed by atoms with Crippen molar-refractivity contribution >= 4 is 33.4 Å².